The van der Waals surface area contributed by atoms with Crippen LogP contribution >= 0.6 is 0 Å². The van der Waals surface area contributed by atoms with Gasteiger partial charge in [-0.05, 0) is 13.8 Å². The summed E-state index contributed by atoms with van der Waals surface area (Å²) in [7, 11) is 0. The molecule has 0 unspecified atom stereocenters. The largest absolute Gasteiger partial charge is 0.289 e. The Kier molecular flexibility index (Phi) is 19.9. The maximum absolute atomic E-state index is 12.0. The van der Waals surface area contributed by atoms with Crippen LogP contribution < -0.4 is 0 Å². The van der Waals surface area contributed by atoms with Gasteiger partial charge >= 0.3 is 0 Å². The summed E-state index contributed by atoms with van der Waals surface area (Å²) in [6.45, 7) is 22.7. The van der Waals surface area contributed by atoms with Gasteiger partial charge in [-0.2, -0.15) is 0 Å². The number of carbonyl (C=O) groups excluding carboxylic acids is 1. The second-order valence-corrected chi connectivity index (χ2v) is 3.46. The minimum absolute atomic E-state index is 0.0950. The summed E-state index contributed by atoms with van der Waals surface area (Å²) < 4.78 is 0. The molecular formula is C19H30O. The Balaban J connectivity index is -0.000000656. The molecule has 0 aliphatic rings. The molecule has 0 saturated heterocycles. The molecule has 1 nitrogen and oxygen atoms in total. The van der Waals surface area contributed by atoms with Gasteiger partial charge in [0.2, 0.25) is 0 Å². The smallest absolute Gasteiger partial charge is 0.192 e. The number of ketones is 1. The van der Waals surface area contributed by atoms with Gasteiger partial charge in [-0.1, -0.05) is 89.5 Å². The summed E-state index contributed by atoms with van der Waals surface area (Å²) in [6.07, 6.45) is 9.90. The molecule has 0 spiro atoms. The van der Waals surface area contributed by atoms with Crippen molar-refractivity contribution in [1.29, 1.82) is 0 Å². The Morgan fingerprint density at radius 3 is 1.45 bits per heavy atom. The number of rotatable bonds is 6. The van der Waals surface area contributed by atoms with E-state index in [9.17, 15) is 4.79 Å². The topological polar surface area (TPSA) is 17.1 Å². The van der Waals surface area contributed by atoms with Crippen molar-refractivity contribution in [3.8, 4) is 0 Å². The van der Waals surface area contributed by atoms with Crippen LogP contribution in [-0.4, -0.2) is 5.78 Å². The molecule has 0 N–H and O–H groups in total. The highest BCUT2D eigenvalue weighted by atomic mass is 16.1. The lowest BCUT2D eigenvalue weighted by atomic mass is 10.0. The van der Waals surface area contributed by atoms with Crippen LogP contribution in [0.2, 0.25) is 0 Å². The van der Waals surface area contributed by atoms with Crippen molar-refractivity contribution < 1.29 is 4.79 Å². The number of Topliss-reactive ketones (excluding diaryl/α,β-unsaturated/α-hetero) is 1. The number of hydrogen-bond donors (Lipinski definition) is 0. The van der Waals surface area contributed by atoms with Crippen LogP contribution in [0.1, 0.15) is 41.5 Å². The van der Waals surface area contributed by atoms with Gasteiger partial charge in [0, 0.05) is 11.1 Å². The molecule has 20 heavy (non-hydrogen) atoms. The standard InChI is InChI=1S/C15H18O.2C2H6/c1-6-9-13(7-2)15(16)14(8-3)11-10-12(4)5;2*1-2/h6-11H,1-3H2,4-5H3;2*1-2H3/b13-9+,14-11+;;. The average Bonchev–Trinajstić information content (AvgIpc) is 2.49. The Morgan fingerprint density at radius 2 is 1.15 bits per heavy atom. The van der Waals surface area contributed by atoms with Gasteiger partial charge in [-0.3, -0.25) is 4.79 Å². The third kappa shape index (κ3) is 11.2. The van der Waals surface area contributed by atoms with Crippen LogP contribution in [0, 0.1) is 0 Å². The lowest BCUT2D eigenvalue weighted by Crippen LogP contribution is -2.02. The fourth-order valence-corrected chi connectivity index (χ4v) is 1.02. The van der Waals surface area contributed by atoms with Crippen LogP contribution in [0.25, 0.3) is 0 Å². The van der Waals surface area contributed by atoms with Crippen LogP contribution in [0.3, 0.4) is 0 Å². The molecule has 0 aliphatic heterocycles. The van der Waals surface area contributed by atoms with Gasteiger partial charge in [0.1, 0.15) is 0 Å². The molecule has 0 fully saturated rings. The van der Waals surface area contributed by atoms with Crippen LogP contribution in [0.5, 0.6) is 0 Å². The third-order valence-electron chi connectivity index (χ3n) is 1.86. The first kappa shape index (κ1) is 23.2. The molecule has 0 aromatic carbocycles. The van der Waals surface area contributed by atoms with E-state index in [1.165, 1.54) is 6.08 Å². The molecule has 0 aromatic rings. The normalized spacial score (nSPS) is 9.90. The van der Waals surface area contributed by atoms with E-state index in [2.05, 4.69) is 19.7 Å². The molecule has 0 atom stereocenters. The maximum atomic E-state index is 12.0. The second kappa shape index (κ2) is 17.1. The minimum atomic E-state index is -0.0950. The lowest BCUT2D eigenvalue weighted by Gasteiger charge is -2.00. The van der Waals surface area contributed by atoms with Crippen molar-refractivity contribution in [1.82, 2.24) is 0 Å². The summed E-state index contributed by atoms with van der Waals surface area (Å²) in [5.41, 5.74) is 2.19. The van der Waals surface area contributed by atoms with Crippen LogP contribution in [0.15, 0.2) is 72.9 Å². The molecular weight excluding hydrogens is 244 g/mol. The number of allylic oxidation sites excluding steroid dienone is 9. The Morgan fingerprint density at radius 1 is 0.750 bits per heavy atom. The Bertz CT molecular complexity index is 386. The Labute approximate surface area is 125 Å². The zero-order valence-corrected chi connectivity index (χ0v) is 14.0. The monoisotopic (exact) mass is 274 g/mol. The quantitative estimate of drug-likeness (QED) is 0.430. The second-order valence-electron chi connectivity index (χ2n) is 3.46. The first-order valence-corrected chi connectivity index (χ1v) is 7.04. The van der Waals surface area contributed by atoms with Crippen molar-refractivity contribution in [2.45, 2.75) is 41.5 Å². The van der Waals surface area contributed by atoms with E-state index in [4.69, 9.17) is 0 Å². The van der Waals surface area contributed by atoms with Gasteiger partial charge in [-0.15, -0.1) is 0 Å². The zero-order chi connectivity index (χ0) is 16.6. The Hall–Kier alpha value is -1.89. The van der Waals surface area contributed by atoms with Gasteiger partial charge in [-0.25, -0.2) is 0 Å². The number of carbonyl (C=O) groups is 1. The van der Waals surface area contributed by atoms with E-state index in [-0.39, 0.29) is 5.78 Å². The molecule has 0 radical (unpaired) electrons. The van der Waals surface area contributed by atoms with Crippen LogP contribution in [-0.2, 0) is 4.79 Å². The lowest BCUT2D eigenvalue weighted by molar-refractivity contribution is -0.111. The highest BCUT2D eigenvalue weighted by Gasteiger charge is 2.08. The summed E-state index contributed by atoms with van der Waals surface area (Å²) in [5, 5.41) is 0. The van der Waals surface area contributed by atoms with E-state index in [0.29, 0.717) is 11.1 Å². The highest BCUT2D eigenvalue weighted by molar-refractivity contribution is 6.12. The molecule has 0 saturated carbocycles. The van der Waals surface area contributed by atoms with Crippen molar-refractivity contribution in [2.24, 2.45) is 0 Å². The van der Waals surface area contributed by atoms with Crippen molar-refractivity contribution in [3.63, 3.8) is 0 Å². The first-order chi connectivity index (χ1) is 9.56. The molecule has 0 aliphatic carbocycles. The van der Waals surface area contributed by atoms with E-state index < -0.39 is 0 Å². The minimum Gasteiger partial charge on any atom is -0.289 e. The molecule has 0 aromatic heterocycles. The summed E-state index contributed by atoms with van der Waals surface area (Å²) in [4.78, 5) is 12.0. The molecule has 112 valence electrons. The molecule has 0 heterocycles. The van der Waals surface area contributed by atoms with Crippen molar-refractivity contribution in [2.75, 3.05) is 0 Å². The first-order valence-electron chi connectivity index (χ1n) is 7.04. The van der Waals surface area contributed by atoms with E-state index in [1.54, 1.807) is 24.3 Å². The van der Waals surface area contributed by atoms with Gasteiger partial charge in [0.05, 0.1) is 0 Å². The SMILES string of the molecule is C=C/C=C(\C=C)C(=O)/C(C=C)=C/C=C(C)C.CC.CC. The summed E-state index contributed by atoms with van der Waals surface area (Å²) >= 11 is 0. The maximum Gasteiger partial charge on any atom is 0.192 e. The fraction of sp³-hybridized carbons (Fsp3) is 0.316. The van der Waals surface area contributed by atoms with Gasteiger partial charge in [0.25, 0.3) is 0 Å². The van der Waals surface area contributed by atoms with Crippen molar-refractivity contribution >= 4 is 5.78 Å². The third-order valence-corrected chi connectivity index (χ3v) is 1.86. The fourth-order valence-electron chi connectivity index (χ4n) is 1.02. The highest BCUT2D eigenvalue weighted by Crippen LogP contribution is 2.09. The predicted octanol–water partition coefficient (Wildman–Crippen LogP) is 5.98. The molecule has 0 rings (SSSR count). The summed E-state index contributed by atoms with van der Waals surface area (Å²) in [6, 6.07) is 0. The molecule has 1 heteroatoms. The van der Waals surface area contributed by atoms with Crippen molar-refractivity contribution in [3.05, 3.63) is 72.9 Å². The zero-order valence-electron chi connectivity index (χ0n) is 14.0. The number of hydrogen-bond acceptors (Lipinski definition) is 1. The average molecular weight is 274 g/mol. The summed E-state index contributed by atoms with van der Waals surface area (Å²) in [5.74, 6) is -0.0950. The van der Waals surface area contributed by atoms with Gasteiger partial charge < -0.3 is 0 Å². The molecule has 0 amide bonds. The van der Waals surface area contributed by atoms with E-state index >= 15 is 0 Å². The van der Waals surface area contributed by atoms with Crippen LogP contribution in [0.4, 0.5) is 0 Å². The van der Waals surface area contributed by atoms with Gasteiger partial charge in [0.15, 0.2) is 5.78 Å². The predicted molar refractivity (Wildman–Crippen MR) is 93.9 cm³/mol. The molecule has 0 bridgehead atoms. The van der Waals surface area contributed by atoms with E-state index in [0.717, 1.165) is 5.57 Å². The van der Waals surface area contributed by atoms with E-state index in [1.807, 2.05) is 47.6 Å².